The van der Waals surface area contributed by atoms with Crippen molar-refractivity contribution in [3.63, 3.8) is 0 Å². The van der Waals surface area contributed by atoms with Gasteiger partial charge in [0.15, 0.2) is 0 Å². The average molecular weight is 300 g/mol. The molecule has 22 heavy (non-hydrogen) atoms. The molecule has 2 fully saturated rings. The summed E-state index contributed by atoms with van der Waals surface area (Å²) in [5.74, 6) is 3.14. The molecule has 0 amide bonds. The van der Waals surface area contributed by atoms with Crippen molar-refractivity contribution in [2.75, 3.05) is 0 Å². The van der Waals surface area contributed by atoms with Crippen molar-refractivity contribution in [2.24, 2.45) is 23.2 Å². The summed E-state index contributed by atoms with van der Waals surface area (Å²) < 4.78 is 0. The largest absolute Gasteiger partial charge is 0.508 e. The zero-order chi connectivity index (χ0) is 15.5. The van der Waals surface area contributed by atoms with Crippen molar-refractivity contribution in [1.82, 2.24) is 0 Å². The van der Waals surface area contributed by atoms with E-state index in [4.69, 9.17) is 0 Å². The monoisotopic (exact) mass is 300 g/mol. The Labute approximate surface area is 133 Å². The maximum atomic E-state index is 10.3. The number of aliphatic hydroxyl groups is 1. The number of phenols is 1. The summed E-state index contributed by atoms with van der Waals surface area (Å²) >= 11 is 0. The van der Waals surface area contributed by atoms with Gasteiger partial charge >= 0.3 is 0 Å². The number of rotatable bonds is 1. The van der Waals surface area contributed by atoms with Gasteiger partial charge in [-0.1, -0.05) is 26.3 Å². The van der Waals surface area contributed by atoms with Gasteiger partial charge in [-0.3, -0.25) is 0 Å². The minimum Gasteiger partial charge on any atom is -0.508 e. The Morgan fingerprint density at radius 3 is 2.91 bits per heavy atom. The lowest BCUT2D eigenvalue weighted by atomic mass is 9.52. The molecule has 0 aliphatic heterocycles. The van der Waals surface area contributed by atoms with Crippen LogP contribution in [0.25, 0.3) is 0 Å². The molecule has 3 unspecified atom stereocenters. The smallest absolute Gasteiger partial charge is 0.115 e. The van der Waals surface area contributed by atoms with Crippen LogP contribution in [0.3, 0.4) is 0 Å². The lowest BCUT2D eigenvalue weighted by Crippen LogP contribution is -2.43. The maximum absolute atomic E-state index is 10.3. The van der Waals surface area contributed by atoms with Gasteiger partial charge in [-0.15, -0.1) is 0 Å². The Balaban J connectivity index is 1.77. The van der Waals surface area contributed by atoms with E-state index in [1.165, 1.54) is 30.4 Å². The average Bonchev–Trinajstić information content (AvgIpc) is 2.79. The molecule has 0 spiro atoms. The molecular formula is C20H28O2. The van der Waals surface area contributed by atoms with Crippen LogP contribution in [0.5, 0.6) is 5.75 Å². The SMILES string of the molecule is CC[C@H]1Cc2cc(O)ccc2C2CC[C@]3(C)C[C@@H](O)CC3C21. The molecule has 0 saturated heterocycles. The molecule has 0 heterocycles. The fourth-order valence-corrected chi connectivity index (χ4v) is 6.20. The third kappa shape index (κ3) is 2.03. The van der Waals surface area contributed by atoms with Gasteiger partial charge < -0.3 is 10.2 Å². The summed E-state index contributed by atoms with van der Waals surface area (Å²) in [7, 11) is 0. The first-order valence-electron chi connectivity index (χ1n) is 9.01. The maximum Gasteiger partial charge on any atom is 0.115 e. The molecule has 2 saturated carbocycles. The zero-order valence-electron chi connectivity index (χ0n) is 13.8. The van der Waals surface area contributed by atoms with Crippen LogP contribution in [0.15, 0.2) is 18.2 Å². The Morgan fingerprint density at radius 1 is 1.32 bits per heavy atom. The molecule has 2 N–H and O–H groups in total. The van der Waals surface area contributed by atoms with E-state index in [2.05, 4.69) is 19.9 Å². The van der Waals surface area contributed by atoms with E-state index in [0.29, 0.717) is 28.9 Å². The first-order chi connectivity index (χ1) is 10.5. The molecule has 2 heteroatoms. The van der Waals surface area contributed by atoms with Crippen molar-refractivity contribution in [1.29, 1.82) is 0 Å². The van der Waals surface area contributed by atoms with Crippen molar-refractivity contribution >= 4 is 0 Å². The van der Waals surface area contributed by atoms with E-state index in [1.807, 2.05) is 12.1 Å². The standard InChI is InChI=1S/C20H28O2/c1-3-12-8-13-9-14(21)4-5-16(13)17-6-7-20(2)11-15(22)10-18(20)19(12)17/h4-5,9,12,15,17-19,21-22H,3,6-8,10-11H2,1-2H3/t12-,15-,17?,18?,19?,20+/m0/s1. The Kier molecular flexibility index (Phi) is 3.30. The zero-order valence-corrected chi connectivity index (χ0v) is 13.8. The van der Waals surface area contributed by atoms with Gasteiger partial charge in [0.2, 0.25) is 0 Å². The van der Waals surface area contributed by atoms with Crippen molar-refractivity contribution < 1.29 is 10.2 Å². The van der Waals surface area contributed by atoms with Gasteiger partial charge in [0, 0.05) is 0 Å². The third-order valence-corrected chi connectivity index (χ3v) is 7.16. The number of aromatic hydroxyl groups is 1. The third-order valence-electron chi connectivity index (χ3n) is 7.16. The molecule has 1 aromatic rings. The first kappa shape index (κ1) is 14.6. The van der Waals surface area contributed by atoms with Gasteiger partial charge in [0.1, 0.15) is 5.75 Å². The highest BCUT2D eigenvalue weighted by Gasteiger charge is 2.54. The van der Waals surface area contributed by atoms with E-state index in [-0.39, 0.29) is 6.10 Å². The molecule has 0 aromatic heterocycles. The summed E-state index contributed by atoms with van der Waals surface area (Å²) in [6.45, 7) is 4.73. The second kappa shape index (κ2) is 4.99. The summed E-state index contributed by atoms with van der Waals surface area (Å²) in [6.07, 6.45) is 6.71. The lowest BCUT2D eigenvalue weighted by molar-refractivity contribution is 0.0247. The summed E-state index contributed by atoms with van der Waals surface area (Å²) in [5.41, 5.74) is 3.20. The Hall–Kier alpha value is -1.02. The minimum absolute atomic E-state index is 0.0903. The predicted molar refractivity (Wildman–Crippen MR) is 87.9 cm³/mol. The second-order valence-corrected chi connectivity index (χ2v) is 8.33. The van der Waals surface area contributed by atoms with Gasteiger partial charge in [-0.25, -0.2) is 0 Å². The van der Waals surface area contributed by atoms with Crippen molar-refractivity contribution in [2.45, 2.75) is 64.4 Å². The van der Waals surface area contributed by atoms with E-state index in [1.54, 1.807) is 0 Å². The predicted octanol–water partition coefficient (Wildman–Crippen LogP) is 4.25. The molecular weight excluding hydrogens is 272 g/mol. The van der Waals surface area contributed by atoms with Gasteiger partial charge in [-0.2, -0.15) is 0 Å². The van der Waals surface area contributed by atoms with Gasteiger partial charge in [0.25, 0.3) is 0 Å². The summed E-state index contributed by atoms with van der Waals surface area (Å²) in [6, 6.07) is 6.02. The van der Waals surface area contributed by atoms with E-state index < -0.39 is 0 Å². The van der Waals surface area contributed by atoms with Crippen LogP contribution in [-0.2, 0) is 6.42 Å². The van der Waals surface area contributed by atoms with Crippen LogP contribution in [0.2, 0.25) is 0 Å². The highest BCUT2D eigenvalue weighted by molar-refractivity contribution is 5.40. The number of fused-ring (bicyclic) bond motifs is 5. The molecule has 120 valence electrons. The number of phenolic OH excluding ortho intramolecular Hbond substituents is 1. The Morgan fingerprint density at radius 2 is 2.14 bits per heavy atom. The molecule has 0 bridgehead atoms. The van der Waals surface area contributed by atoms with Crippen molar-refractivity contribution in [3.05, 3.63) is 29.3 Å². The molecule has 3 aliphatic carbocycles. The molecule has 4 rings (SSSR count). The number of hydrogen-bond donors (Lipinski definition) is 2. The van der Waals surface area contributed by atoms with Gasteiger partial charge in [-0.05, 0) is 84.5 Å². The fourth-order valence-electron chi connectivity index (χ4n) is 6.20. The first-order valence-corrected chi connectivity index (χ1v) is 9.01. The molecule has 0 radical (unpaired) electrons. The normalized spacial score (nSPS) is 43.3. The van der Waals surface area contributed by atoms with Crippen LogP contribution in [-0.4, -0.2) is 16.3 Å². The van der Waals surface area contributed by atoms with Crippen LogP contribution < -0.4 is 0 Å². The summed E-state index contributed by atoms with van der Waals surface area (Å²) in [4.78, 5) is 0. The quantitative estimate of drug-likeness (QED) is 0.814. The van der Waals surface area contributed by atoms with Crippen LogP contribution in [0, 0.1) is 23.2 Å². The Bertz CT molecular complexity index is 581. The summed E-state index contributed by atoms with van der Waals surface area (Å²) in [5, 5.41) is 20.1. The van der Waals surface area contributed by atoms with E-state index in [9.17, 15) is 10.2 Å². The highest BCUT2D eigenvalue weighted by Crippen LogP contribution is 2.62. The molecule has 3 aliphatic rings. The number of hydrogen-bond acceptors (Lipinski definition) is 2. The van der Waals surface area contributed by atoms with E-state index >= 15 is 0 Å². The van der Waals surface area contributed by atoms with Gasteiger partial charge in [0.05, 0.1) is 6.10 Å². The van der Waals surface area contributed by atoms with Crippen LogP contribution in [0.4, 0.5) is 0 Å². The van der Waals surface area contributed by atoms with E-state index in [0.717, 1.165) is 25.2 Å². The topological polar surface area (TPSA) is 40.5 Å². The lowest BCUT2D eigenvalue weighted by Gasteiger charge is -2.52. The fraction of sp³-hybridized carbons (Fsp3) is 0.700. The molecule has 1 aromatic carbocycles. The van der Waals surface area contributed by atoms with Crippen LogP contribution >= 0.6 is 0 Å². The van der Waals surface area contributed by atoms with Crippen molar-refractivity contribution in [3.8, 4) is 5.75 Å². The highest BCUT2D eigenvalue weighted by atomic mass is 16.3. The second-order valence-electron chi connectivity index (χ2n) is 8.33. The number of benzene rings is 1. The molecule has 2 nitrogen and oxygen atoms in total. The molecule has 6 atom stereocenters. The minimum atomic E-state index is -0.0903. The number of aliphatic hydroxyl groups excluding tert-OH is 1. The van der Waals surface area contributed by atoms with Crippen LogP contribution in [0.1, 0.15) is 63.0 Å².